The molecule has 0 bridgehead atoms. The van der Waals surface area contributed by atoms with Gasteiger partial charge in [0.15, 0.2) is 23.7 Å². The molecular formula is C25H31FO13. The molecule has 1 fully saturated rings. The third kappa shape index (κ3) is 8.82. The van der Waals surface area contributed by atoms with E-state index in [0.29, 0.717) is 0 Å². The van der Waals surface area contributed by atoms with Crippen molar-refractivity contribution in [3.63, 3.8) is 0 Å². The molecule has 0 unspecified atom stereocenters. The van der Waals surface area contributed by atoms with E-state index in [-0.39, 0.29) is 22.8 Å². The number of methoxy groups -OCH3 is 2. The standard InChI is InChI=1S/C25H31FO13/c1-12(28)34-11-20-22(35-13(2)29)23(36-14(3)30)24(37-15(4)31)25(38-20)39-21-18(32-5)8-16(7-17(26)10-27)9-19(21)33-6/h7-9,20,22-25,27H,10-11H2,1-6H3/b17-7-/t20-,22-,23+,24-,25+/m1/s1. The Morgan fingerprint density at radius 3 is 1.85 bits per heavy atom. The largest absolute Gasteiger partial charge is 0.493 e. The second kappa shape index (κ2) is 14.3. The van der Waals surface area contributed by atoms with E-state index in [1.54, 1.807) is 0 Å². The monoisotopic (exact) mass is 558 g/mol. The van der Waals surface area contributed by atoms with Gasteiger partial charge in [-0.2, -0.15) is 0 Å². The van der Waals surface area contributed by atoms with E-state index in [4.69, 9.17) is 43.0 Å². The molecule has 0 aliphatic carbocycles. The van der Waals surface area contributed by atoms with Crippen molar-refractivity contribution in [2.45, 2.75) is 58.4 Å². The van der Waals surface area contributed by atoms with Gasteiger partial charge in [0.2, 0.25) is 18.1 Å². The molecule has 0 saturated carbocycles. The SMILES string of the molecule is COc1cc(/C=C(\F)CO)cc(OC)c1O[C@@H]1O[C@H](COC(C)=O)[C@@H](OC(C)=O)[C@H](OC(C)=O)[C@H]1OC(C)=O. The fourth-order valence-corrected chi connectivity index (χ4v) is 3.73. The second-order valence-corrected chi connectivity index (χ2v) is 8.19. The Labute approximate surface area is 223 Å². The van der Waals surface area contributed by atoms with Crippen molar-refractivity contribution in [1.29, 1.82) is 0 Å². The van der Waals surface area contributed by atoms with Gasteiger partial charge in [0.1, 0.15) is 18.5 Å². The Morgan fingerprint density at radius 2 is 1.38 bits per heavy atom. The van der Waals surface area contributed by atoms with Crippen LogP contribution in [-0.2, 0) is 42.9 Å². The van der Waals surface area contributed by atoms with Crippen LogP contribution >= 0.6 is 0 Å². The van der Waals surface area contributed by atoms with Gasteiger partial charge in [0, 0.05) is 27.7 Å². The lowest BCUT2D eigenvalue weighted by molar-refractivity contribution is -0.288. The second-order valence-electron chi connectivity index (χ2n) is 8.19. The molecule has 0 aromatic heterocycles. The summed E-state index contributed by atoms with van der Waals surface area (Å²) in [5.74, 6) is -3.93. The fraction of sp³-hybridized carbons (Fsp3) is 0.520. The van der Waals surface area contributed by atoms with E-state index in [9.17, 15) is 23.6 Å². The molecule has 0 amide bonds. The maximum absolute atomic E-state index is 13.7. The van der Waals surface area contributed by atoms with Crippen molar-refractivity contribution in [3.05, 3.63) is 23.5 Å². The first kappa shape index (κ1) is 31.3. The molecule has 39 heavy (non-hydrogen) atoms. The lowest BCUT2D eigenvalue weighted by atomic mass is 9.98. The Morgan fingerprint density at radius 1 is 0.872 bits per heavy atom. The zero-order chi connectivity index (χ0) is 29.3. The number of esters is 4. The van der Waals surface area contributed by atoms with E-state index in [1.165, 1.54) is 26.4 Å². The summed E-state index contributed by atoms with van der Waals surface area (Å²) < 4.78 is 57.5. The zero-order valence-electron chi connectivity index (χ0n) is 22.3. The molecular weight excluding hydrogens is 527 g/mol. The number of aliphatic hydroxyl groups is 1. The van der Waals surface area contributed by atoms with Crippen LogP contribution in [0.2, 0.25) is 0 Å². The van der Waals surface area contributed by atoms with Gasteiger partial charge in [-0.1, -0.05) is 0 Å². The first-order valence-electron chi connectivity index (χ1n) is 11.6. The van der Waals surface area contributed by atoms with Gasteiger partial charge in [0.25, 0.3) is 0 Å². The number of hydrogen-bond acceptors (Lipinski definition) is 13. The van der Waals surface area contributed by atoms with Crippen LogP contribution in [0, 0.1) is 0 Å². The predicted molar refractivity (Wildman–Crippen MR) is 128 cm³/mol. The quantitative estimate of drug-likeness (QED) is 0.307. The number of hydrogen-bond donors (Lipinski definition) is 1. The number of carbonyl (C=O) groups excluding carboxylic acids is 4. The minimum Gasteiger partial charge on any atom is -0.493 e. The van der Waals surface area contributed by atoms with Gasteiger partial charge in [0.05, 0.1) is 20.8 Å². The van der Waals surface area contributed by atoms with Crippen LogP contribution in [0.4, 0.5) is 4.39 Å². The van der Waals surface area contributed by atoms with Crippen LogP contribution < -0.4 is 14.2 Å². The van der Waals surface area contributed by atoms with Gasteiger partial charge in [-0.3, -0.25) is 19.2 Å². The van der Waals surface area contributed by atoms with Crippen LogP contribution in [0.3, 0.4) is 0 Å². The molecule has 0 radical (unpaired) electrons. The van der Waals surface area contributed by atoms with Crippen molar-refractivity contribution in [3.8, 4) is 17.2 Å². The average Bonchev–Trinajstić information content (AvgIpc) is 2.85. The molecule has 1 saturated heterocycles. The summed E-state index contributed by atoms with van der Waals surface area (Å²) in [6.45, 7) is 3.15. The number of aliphatic hydroxyl groups excluding tert-OH is 1. The predicted octanol–water partition coefficient (Wildman–Crippen LogP) is 1.47. The molecule has 5 atom stereocenters. The summed E-state index contributed by atoms with van der Waals surface area (Å²) in [4.78, 5) is 47.4. The van der Waals surface area contributed by atoms with Crippen molar-refractivity contribution in [1.82, 2.24) is 0 Å². The maximum atomic E-state index is 13.7. The van der Waals surface area contributed by atoms with E-state index < -0.39 is 73.6 Å². The normalized spacial score (nSPS) is 22.8. The third-order valence-corrected chi connectivity index (χ3v) is 5.14. The first-order chi connectivity index (χ1) is 18.4. The molecule has 1 aliphatic heterocycles. The van der Waals surface area contributed by atoms with E-state index in [0.717, 1.165) is 33.8 Å². The highest BCUT2D eigenvalue weighted by Gasteiger charge is 2.53. The molecule has 0 spiro atoms. The summed E-state index contributed by atoms with van der Waals surface area (Å²) >= 11 is 0. The van der Waals surface area contributed by atoms with E-state index in [2.05, 4.69) is 0 Å². The topological polar surface area (TPSA) is 162 Å². The summed E-state index contributed by atoms with van der Waals surface area (Å²) in [5, 5.41) is 9.00. The van der Waals surface area contributed by atoms with Gasteiger partial charge in [-0.05, 0) is 23.8 Å². The highest BCUT2D eigenvalue weighted by Crippen LogP contribution is 2.42. The van der Waals surface area contributed by atoms with Gasteiger partial charge in [-0.25, -0.2) is 4.39 Å². The van der Waals surface area contributed by atoms with Crippen molar-refractivity contribution >= 4 is 30.0 Å². The number of carbonyl (C=O) groups is 4. The third-order valence-electron chi connectivity index (χ3n) is 5.14. The Balaban J connectivity index is 2.63. The molecule has 1 heterocycles. The molecule has 1 aromatic carbocycles. The minimum absolute atomic E-state index is 0.0270. The average molecular weight is 559 g/mol. The zero-order valence-corrected chi connectivity index (χ0v) is 22.3. The number of benzene rings is 1. The molecule has 1 N–H and O–H groups in total. The van der Waals surface area contributed by atoms with Crippen LogP contribution in [0.5, 0.6) is 17.2 Å². The van der Waals surface area contributed by atoms with Gasteiger partial charge < -0.3 is 43.0 Å². The summed E-state index contributed by atoms with van der Waals surface area (Å²) in [6.07, 6.45) is -6.06. The molecule has 14 heteroatoms. The Bertz CT molecular complexity index is 1060. The molecule has 13 nitrogen and oxygen atoms in total. The molecule has 1 aliphatic rings. The lowest BCUT2D eigenvalue weighted by Gasteiger charge is -2.44. The molecule has 1 aromatic rings. The highest BCUT2D eigenvalue weighted by molar-refractivity contribution is 5.69. The Kier molecular flexibility index (Phi) is 11.5. The smallest absolute Gasteiger partial charge is 0.303 e. The first-order valence-corrected chi connectivity index (χ1v) is 11.6. The van der Waals surface area contributed by atoms with Gasteiger partial charge in [-0.15, -0.1) is 0 Å². The number of halogens is 1. The number of rotatable bonds is 11. The van der Waals surface area contributed by atoms with Crippen LogP contribution in [0.1, 0.15) is 33.3 Å². The summed E-state index contributed by atoms with van der Waals surface area (Å²) in [7, 11) is 2.59. The minimum atomic E-state index is -1.55. The number of ether oxygens (including phenoxy) is 8. The van der Waals surface area contributed by atoms with Crippen LogP contribution in [0.15, 0.2) is 18.0 Å². The maximum Gasteiger partial charge on any atom is 0.303 e. The van der Waals surface area contributed by atoms with Crippen molar-refractivity contribution < 1.29 is 66.6 Å². The fourth-order valence-electron chi connectivity index (χ4n) is 3.73. The van der Waals surface area contributed by atoms with E-state index in [1.807, 2.05) is 0 Å². The molecule has 216 valence electrons. The summed E-state index contributed by atoms with van der Waals surface area (Å²) in [5.41, 5.74) is 0.254. The lowest BCUT2D eigenvalue weighted by Crippen LogP contribution is -2.63. The molecule has 2 rings (SSSR count). The van der Waals surface area contributed by atoms with Gasteiger partial charge >= 0.3 is 23.9 Å². The van der Waals surface area contributed by atoms with E-state index >= 15 is 0 Å². The van der Waals surface area contributed by atoms with Crippen molar-refractivity contribution in [2.75, 3.05) is 27.4 Å². The van der Waals surface area contributed by atoms with Crippen LogP contribution in [-0.4, -0.2) is 87.1 Å². The van der Waals surface area contributed by atoms with Crippen molar-refractivity contribution in [2.24, 2.45) is 0 Å². The van der Waals surface area contributed by atoms with Crippen LogP contribution in [0.25, 0.3) is 6.08 Å². The highest BCUT2D eigenvalue weighted by atomic mass is 19.1. The summed E-state index contributed by atoms with van der Waals surface area (Å²) in [6, 6.07) is 2.75. The Hall–Kier alpha value is -3.91.